The monoisotopic (exact) mass is 303 g/mol. The molecule has 0 bridgehead atoms. The van der Waals surface area contributed by atoms with Gasteiger partial charge in [-0.25, -0.2) is 4.79 Å². The summed E-state index contributed by atoms with van der Waals surface area (Å²) in [6.07, 6.45) is 0. The van der Waals surface area contributed by atoms with Crippen LogP contribution in [0.25, 0.3) is 0 Å². The average molecular weight is 303 g/mol. The third-order valence-corrected chi connectivity index (χ3v) is 4.34. The molecule has 2 aromatic rings. The van der Waals surface area contributed by atoms with Crippen LogP contribution in [0.2, 0.25) is 0 Å². The van der Waals surface area contributed by atoms with E-state index in [2.05, 4.69) is 27.7 Å². The van der Waals surface area contributed by atoms with Gasteiger partial charge in [0.1, 0.15) is 0 Å². The van der Waals surface area contributed by atoms with Gasteiger partial charge in [0.05, 0.1) is 11.7 Å². The Morgan fingerprint density at radius 2 is 1.82 bits per heavy atom. The molecule has 3 heterocycles. The van der Waals surface area contributed by atoms with Gasteiger partial charge < -0.3 is 0 Å². The van der Waals surface area contributed by atoms with E-state index in [0.29, 0.717) is 12.6 Å². The van der Waals surface area contributed by atoms with Gasteiger partial charge >= 0.3 is 5.69 Å². The molecule has 0 N–H and O–H groups in total. The topological polar surface area (TPSA) is 65.1 Å². The number of aromatic nitrogens is 4. The zero-order chi connectivity index (χ0) is 16.0. The van der Waals surface area contributed by atoms with Crippen LogP contribution >= 0.6 is 0 Å². The highest BCUT2D eigenvalue weighted by molar-refractivity contribution is 5.10. The summed E-state index contributed by atoms with van der Waals surface area (Å²) < 4.78 is 4.73. The molecule has 1 saturated heterocycles. The van der Waals surface area contributed by atoms with E-state index in [9.17, 15) is 9.59 Å². The molecule has 0 unspecified atom stereocenters. The molecular formula is C15H21N5O2. The van der Waals surface area contributed by atoms with Gasteiger partial charge in [0.15, 0.2) is 0 Å². The fraction of sp³-hybridized carbons (Fsp3) is 0.533. The highest BCUT2D eigenvalue weighted by atomic mass is 16.2. The lowest BCUT2D eigenvalue weighted by atomic mass is 10.1. The first kappa shape index (κ1) is 14.8. The molecule has 2 aromatic heterocycles. The summed E-state index contributed by atoms with van der Waals surface area (Å²) in [5, 5.41) is 4.51. The fourth-order valence-corrected chi connectivity index (χ4v) is 3.00. The first-order chi connectivity index (χ1) is 10.4. The van der Waals surface area contributed by atoms with Crippen LogP contribution in [-0.2, 0) is 20.6 Å². The van der Waals surface area contributed by atoms with Crippen molar-refractivity contribution in [2.45, 2.75) is 26.4 Å². The van der Waals surface area contributed by atoms with Crippen molar-refractivity contribution in [3.63, 3.8) is 0 Å². The molecule has 0 atom stereocenters. The van der Waals surface area contributed by atoms with Crippen LogP contribution in [-0.4, -0.2) is 36.9 Å². The minimum Gasteiger partial charge on any atom is -0.299 e. The number of rotatable bonds is 3. The van der Waals surface area contributed by atoms with Crippen LogP contribution < -0.4 is 11.2 Å². The molecule has 7 heteroatoms. The van der Waals surface area contributed by atoms with Crippen molar-refractivity contribution >= 4 is 0 Å². The Labute approximate surface area is 128 Å². The zero-order valence-electron chi connectivity index (χ0n) is 13.4. The second-order valence-corrected chi connectivity index (χ2v) is 6.09. The predicted octanol–water partition coefficient (Wildman–Crippen LogP) is -0.0458. The second kappa shape index (κ2) is 5.24. The van der Waals surface area contributed by atoms with Crippen molar-refractivity contribution in [3.8, 4) is 0 Å². The third-order valence-electron chi connectivity index (χ3n) is 4.34. The minimum absolute atomic E-state index is 0.256. The molecule has 0 aliphatic carbocycles. The Balaban J connectivity index is 1.72. The summed E-state index contributed by atoms with van der Waals surface area (Å²) in [6.45, 7) is 6.43. The Hall–Kier alpha value is -2.15. The van der Waals surface area contributed by atoms with Crippen LogP contribution in [0.15, 0.2) is 21.7 Å². The molecule has 118 valence electrons. The molecule has 0 spiro atoms. The van der Waals surface area contributed by atoms with Crippen LogP contribution in [0.1, 0.15) is 23.1 Å². The van der Waals surface area contributed by atoms with Crippen molar-refractivity contribution < 1.29 is 0 Å². The van der Waals surface area contributed by atoms with E-state index in [4.69, 9.17) is 0 Å². The van der Waals surface area contributed by atoms with Gasteiger partial charge in [-0.1, -0.05) is 0 Å². The summed E-state index contributed by atoms with van der Waals surface area (Å²) in [5.74, 6) is 0. The summed E-state index contributed by atoms with van der Waals surface area (Å²) in [5.41, 5.74) is 2.42. The van der Waals surface area contributed by atoms with Gasteiger partial charge in [-0.2, -0.15) is 5.10 Å². The van der Waals surface area contributed by atoms with E-state index in [1.165, 1.54) is 23.4 Å². The standard InChI is InChI=1S/C15H21N5O2/c1-10-5-11(2)20(16-10)13-8-19(9-13)7-12-6-14(21)18(4)15(22)17(12)3/h5-6,13H,7-9H2,1-4H3. The average Bonchev–Trinajstić information content (AvgIpc) is 2.75. The Morgan fingerprint density at radius 3 is 2.41 bits per heavy atom. The largest absolute Gasteiger partial charge is 0.330 e. The number of aryl methyl sites for hydroxylation is 2. The Morgan fingerprint density at radius 1 is 1.14 bits per heavy atom. The molecular weight excluding hydrogens is 282 g/mol. The smallest absolute Gasteiger partial charge is 0.299 e. The highest BCUT2D eigenvalue weighted by Crippen LogP contribution is 2.23. The van der Waals surface area contributed by atoms with E-state index >= 15 is 0 Å². The highest BCUT2D eigenvalue weighted by Gasteiger charge is 2.30. The van der Waals surface area contributed by atoms with Crippen molar-refractivity contribution in [1.29, 1.82) is 0 Å². The normalized spacial score (nSPS) is 16.0. The molecule has 22 heavy (non-hydrogen) atoms. The van der Waals surface area contributed by atoms with Crippen LogP contribution in [0.4, 0.5) is 0 Å². The van der Waals surface area contributed by atoms with Gasteiger partial charge in [0.2, 0.25) is 0 Å². The van der Waals surface area contributed by atoms with E-state index in [1.807, 2.05) is 6.92 Å². The lowest BCUT2D eigenvalue weighted by Crippen LogP contribution is -2.49. The molecule has 0 aromatic carbocycles. The molecule has 1 aliphatic heterocycles. The maximum absolute atomic E-state index is 11.9. The maximum atomic E-state index is 11.9. The zero-order valence-corrected chi connectivity index (χ0v) is 13.4. The van der Waals surface area contributed by atoms with Crippen molar-refractivity contribution in [2.24, 2.45) is 14.1 Å². The number of nitrogens with zero attached hydrogens (tertiary/aromatic N) is 5. The van der Waals surface area contributed by atoms with Gasteiger partial charge in [0.25, 0.3) is 5.56 Å². The lowest BCUT2D eigenvalue weighted by Gasteiger charge is -2.39. The summed E-state index contributed by atoms with van der Waals surface area (Å²) in [7, 11) is 3.20. The van der Waals surface area contributed by atoms with E-state index in [0.717, 1.165) is 29.0 Å². The molecule has 7 nitrogen and oxygen atoms in total. The first-order valence-electron chi connectivity index (χ1n) is 7.38. The summed E-state index contributed by atoms with van der Waals surface area (Å²) in [4.78, 5) is 25.9. The van der Waals surface area contributed by atoms with E-state index < -0.39 is 0 Å². The van der Waals surface area contributed by atoms with Crippen molar-refractivity contribution in [3.05, 3.63) is 50.1 Å². The van der Waals surface area contributed by atoms with Crippen molar-refractivity contribution in [1.82, 2.24) is 23.8 Å². The predicted molar refractivity (Wildman–Crippen MR) is 82.9 cm³/mol. The lowest BCUT2D eigenvalue weighted by molar-refractivity contribution is 0.0865. The number of likely N-dealkylation sites (tertiary alicyclic amines) is 1. The molecule has 1 aliphatic rings. The van der Waals surface area contributed by atoms with Gasteiger partial charge in [-0.05, 0) is 19.9 Å². The summed E-state index contributed by atoms with van der Waals surface area (Å²) in [6, 6.07) is 3.99. The fourth-order valence-electron chi connectivity index (χ4n) is 3.00. The number of hydrogen-bond acceptors (Lipinski definition) is 4. The Kier molecular flexibility index (Phi) is 3.52. The van der Waals surface area contributed by atoms with Crippen molar-refractivity contribution in [2.75, 3.05) is 13.1 Å². The molecule has 3 rings (SSSR count). The second-order valence-electron chi connectivity index (χ2n) is 6.09. The maximum Gasteiger partial charge on any atom is 0.330 e. The number of hydrogen-bond donors (Lipinski definition) is 0. The summed E-state index contributed by atoms with van der Waals surface area (Å²) >= 11 is 0. The minimum atomic E-state index is -0.280. The Bertz CT molecular complexity index is 823. The van der Waals surface area contributed by atoms with E-state index in [-0.39, 0.29) is 11.2 Å². The van der Waals surface area contributed by atoms with Gasteiger partial charge in [-0.15, -0.1) is 0 Å². The quantitative estimate of drug-likeness (QED) is 0.798. The molecule has 0 amide bonds. The molecule has 1 fully saturated rings. The molecule has 0 radical (unpaired) electrons. The molecule has 0 saturated carbocycles. The van der Waals surface area contributed by atoms with Crippen LogP contribution in [0, 0.1) is 13.8 Å². The van der Waals surface area contributed by atoms with Gasteiger partial charge in [0, 0.05) is 51.2 Å². The third kappa shape index (κ3) is 2.41. The van der Waals surface area contributed by atoms with E-state index in [1.54, 1.807) is 7.05 Å². The SMILES string of the molecule is Cc1cc(C)n(C2CN(Cc3cc(=O)n(C)c(=O)n3C)C2)n1. The van der Waals surface area contributed by atoms with Crippen LogP contribution in [0.5, 0.6) is 0 Å². The van der Waals surface area contributed by atoms with Gasteiger partial charge in [-0.3, -0.25) is 23.5 Å². The van der Waals surface area contributed by atoms with Crippen LogP contribution in [0.3, 0.4) is 0 Å². The first-order valence-corrected chi connectivity index (χ1v) is 7.38.